The van der Waals surface area contributed by atoms with Crippen LogP contribution in [-0.4, -0.2) is 63.9 Å². The largest absolute Gasteiger partial charge is 0.506 e. The van der Waals surface area contributed by atoms with E-state index in [1.54, 1.807) is 47.4 Å². The third-order valence-electron chi connectivity index (χ3n) is 12.8. The van der Waals surface area contributed by atoms with Crippen molar-refractivity contribution in [3.8, 4) is 22.9 Å². The molecule has 0 spiro atoms. The molecule has 5 rings (SSSR count). The van der Waals surface area contributed by atoms with Crippen LogP contribution in [0.1, 0.15) is 182 Å². The maximum Gasteiger partial charge on any atom is 0.419 e. The number of amides is 3. The molecule has 0 unspecified atom stereocenters. The topological polar surface area (TPSA) is 165 Å². The van der Waals surface area contributed by atoms with Crippen LogP contribution in [0.15, 0.2) is 78.0 Å². The van der Waals surface area contributed by atoms with Gasteiger partial charge in [0.2, 0.25) is 5.91 Å². The van der Waals surface area contributed by atoms with E-state index in [0.717, 1.165) is 56.9 Å². The minimum atomic E-state index is -0.626. The van der Waals surface area contributed by atoms with Crippen molar-refractivity contribution in [3.63, 3.8) is 0 Å². The fraction of sp³-hybridized carbons (Fsp3) is 0.509. The lowest BCUT2D eigenvalue weighted by Crippen LogP contribution is -2.35. The van der Waals surface area contributed by atoms with Gasteiger partial charge in [-0.25, -0.2) is 9.59 Å². The number of rotatable bonds is 32. The van der Waals surface area contributed by atoms with E-state index in [2.05, 4.69) is 27.8 Å². The molecule has 0 fully saturated rings. The summed E-state index contributed by atoms with van der Waals surface area (Å²) in [5.41, 5.74) is 3.01. The van der Waals surface area contributed by atoms with Gasteiger partial charge < -0.3 is 29.8 Å². The van der Waals surface area contributed by atoms with E-state index in [1.165, 1.54) is 95.9 Å². The molecule has 1 heterocycles. The molecule has 0 aliphatic rings. The van der Waals surface area contributed by atoms with E-state index in [0.29, 0.717) is 63.8 Å². The number of aromatic hydroxyl groups is 1. The number of anilines is 2. The molecule has 0 saturated carbocycles. The molecule has 71 heavy (non-hydrogen) atoms. The molecule has 0 bridgehead atoms. The number of phenolic OH excluding ortho intramolecular Hbond substituents is 1. The van der Waals surface area contributed by atoms with Gasteiger partial charge in [-0.3, -0.25) is 14.5 Å². The van der Waals surface area contributed by atoms with E-state index >= 15 is 0 Å². The fourth-order valence-electron chi connectivity index (χ4n) is 8.66. The number of benzene rings is 4. The second-order valence-electron chi connectivity index (χ2n) is 18.5. The number of thioether (sulfide) groups is 1. The van der Waals surface area contributed by atoms with Gasteiger partial charge in [0.1, 0.15) is 11.5 Å². The number of methoxy groups -OCH3 is 1. The van der Waals surface area contributed by atoms with Gasteiger partial charge in [-0.05, 0) is 61.7 Å². The number of carbonyl (C=O) groups is 4. The molecule has 14 heteroatoms. The number of fused-ring (bicyclic) bond motifs is 1. The van der Waals surface area contributed by atoms with Crippen LogP contribution in [-0.2, 0) is 22.3 Å². The minimum Gasteiger partial charge on any atom is -0.506 e. The Bertz CT molecular complexity index is 2470. The SMILES string of the molecule is CCCCCCCCCCCCCCCCCCN(C(=O)Oc1ccc(C(=O)OC)cc1CSc1nnc(-c2cccc(NC(=O)CCCC)c2)n1C)c1cccc2c(O)c(C(=O)NCCCC)ccc12. The Kier molecular flexibility index (Phi) is 24.3. The van der Waals surface area contributed by atoms with Crippen molar-refractivity contribution in [1.29, 1.82) is 0 Å². The van der Waals surface area contributed by atoms with Crippen molar-refractivity contribution in [2.24, 2.45) is 7.05 Å². The highest BCUT2D eigenvalue weighted by Crippen LogP contribution is 2.37. The number of unbranched alkanes of at least 4 members (excludes halogenated alkanes) is 17. The van der Waals surface area contributed by atoms with Crippen LogP contribution in [0, 0.1) is 0 Å². The summed E-state index contributed by atoms with van der Waals surface area (Å²) in [6, 6.07) is 21.0. The molecular formula is C57H78N6O7S. The van der Waals surface area contributed by atoms with Crippen LogP contribution >= 0.6 is 11.8 Å². The number of phenols is 1. The first kappa shape index (κ1) is 56.0. The van der Waals surface area contributed by atoms with Crippen LogP contribution in [0.2, 0.25) is 0 Å². The highest BCUT2D eigenvalue weighted by atomic mass is 32.2. The van der Waals surface area contributed by atoms with Crippen LogP contribution in [0.3, 0.4) is 0 Å². The normalized spacial score (nSPS) is 11.2. The second-order valence-corrected chi connectivity index (χ2v) is 19.4. The second kappa shape index (κ2) is 30.8. The number of esters is 1. The molecule has 0 aliphatic heterocycles. The summed E-state index contributed by atoms with van der Waals surface area (Å²) in [5, 5.41) is 27.9. The van der Waals surface area contributed by atoms with Crippen LogP contribution in [0.4, 0.5) is 16.2 Å². The Morgan fingerprint density at radius 3 is 2.01 bits per heavy atom. The van der Waals surface area contributed by atoms with Gasteiger partial charge in [0.25, 0.3) is 5.91 Å². The molecule has 0 radical (unpaired) electrons. The Balaban J connectivity index is 1.31. The van der Waals surface area contributed by atoms with Crippen molar-refractivity contribution in [1.82, 2.24) is 20.1 Å². The van der Waals surface area contributed by atoms with Gasteiger partial charge in [0.15, 0.2) is 11.0 Å². The first-order chi connectivity index (χ1) is 34.6. The average Bonchev–Trinajstić information content (AvgIpc) is 3.75. The van der Waals surface area contributed by atoms with Crippen molar-refractivity contribution in [2.45, 2.75) is 167 Å². The fourth-order valence-corrected chi connectivity index (χ4v) is 9.55. The summed E-state index contributed by atoms with van der Waals surface area (Å²) < 4.78 is 13.2. The summed E-state index contributed by atoms with van der Waals surface area (Å²) in [6.45, 7) is 7.21. The quantitative estimate of drug-likeness (QED) is 0.0214. The summed E-state index contributed by atoms with van der Waals surface area (Å²) in [4.78, 5) is 54.6. The minimum absolute atomic E-state index is 0.0406. The first-order valence-electron chi connectivity index (χ1n) is 26.3. The number of aromatic nitrogens is 3. The van der Waals surface area contributed by atoms with Crippen LogP contribution in [0.25, 0.3) is 22.2 Å². The Labute approximate surface area is 426 Å². The zero-order chi connectivity index (χ0) is 50.8. The summed E-state index contributed by atoms with van der Waals surface area (Å²) in [5.74, 6) is 0.0375. The maximum absolute atomic E-state index is 14.6. The van der Waals surface area contributed by atoms with Crippen LogP contribution in [0.5, 0.6) is 11.5 Å². The number of hydrogen-bond donors (Lipinski definition) is 3. The number of hydrogen-bond acceptors (Lipinski definition) is 10. The standard InChI is InChI=1S/C57H78N6O7S/c1-6-9-12-13-14-15-16-17-18-19-20-21-22-23-24-25-38-63(49-31-27-30-47-46(49)34-35-48(52(47)65)54(66)58-37-11-8-3)57(68)70-50-36-33-43(55(67)69-5)39-44(50)41-71-56-61-60-53(62(56)4)42-28-26-29-45(40-42)59-51(64)32-10-7-2/h26-31,33-36,39-40,65H,6-25,32,37-38,41H2,1-5H3,(H,58,66)(H,59,64). The van der Waals surface area contributed by atoms with Gasteiger partial charge in [0, 0.05) is 59.9 Å². The Morgan fingerprint density at radius 2 is 1.35 bits per heavy atom. The van der Waals surface area contributed by atoms with Crippen molar-refractivity contribution < 1.29 is 33.8 Å². The lowest BCUT2D eigenvalue weighted by Gasteiger charge is -2.25. The maximum atomic E-state index is 14.6. The molecule has 4 aromatic carbocycles. The highest BCUT2D eigenvalue weighted by molar-refractivity contribution is 7.98. The molecule has 0 atom stereocenters. The number of nitrogens with zero attached hydrogens (tertiary/aromatic N) is 4. The van der Waals surface area contributed by atoms with E-state index in [4.69, 9.17) is 9.47 Å². The Morgan fingerprint density at radius 1 is 0.704 bits per heavy atom. The van der Waals surface area contributed by atoms with E-state index in [9.17, 15) is 24.3 Å². The third kappa shape index (κ3) is 17.4. The van der Waals surface area contributed by atoms with E-state index in [1.807, 2.05) is 55.8 Å². The van der Waals surface area contributed by atoms with Crippen molar-refractivity contribution in [3.05, 3.63) is 89.5 Å². The van der Waals surface area contributed by atoms with Crippen molar-refractivity contribution in [2.75, 3.05) is 30.4 Å². The predicted molar refractivity (Wildman–Crippen MR) is 288 cm³/mol. The van der Waals surface area contributed by atoms with E-state index in [-0.39, 0.29) is 34.6 Å². The average molecular weight is 991 g/mol. The zero-order valence-electron chi connectivity index (χ0n) is 43.0. The number of carbonyl (C=O) groups excluding carboxylic acids is 4. The molecule has 1 aromatic heterocycles. The highest BCUT2D eigenvalue weighted by Gasteiger charge is 2.25. The molecule has 0 aliphatic carbocycles. The molecule has 5 aromatic rings. The lowest BCUT2D eigenvalue weighted by atomic mass is 10.0. The van der Waals surface area contributed by atoms with Crippen LogP contribution < -0.4 is 20.3 Å². The first-order valence-corrected chi connectivity index (χ1v) is 27.2. The predicted octanol–water partition coefficient (Wildman–Crippen LogP) is 14.3. The van der Waals surface area contributed by atoms with Gasteiger partial charge in [-0.15, -0.1) is 10.2 Å². The van der Waals surface area contributed by atoms with Gasteiger partial charge in [-0.1, -0.05) is 172 Å². The molecule has 384 valence electrons. The number of nitrogens with one attached hydrogen (secondary N) is 2. The molecule has 13 nitrogen and oxygen atoms in total. The third-order valence-corrected chi connectivity index (χ3v) is 13.9. The van der Waals surface area contributed by atoms with Gasteiger partial charge >= 0.3 is 12.1 Å². The summed E-state index contributed by atoms with van der Waals surface area (Å²) >= 11 is 1.36. The zero-order valence-corrected chi connectivity index (χ0v) is 43.8. The summed E-state index contributed by atoms with van der Waals surface area (Å²) in [7, 11) is 3.17. The Hall–Kier alpha value is -5.89. The molecule has 3 N–H and O–H groups in total. The van der Waals surface area contributed by atoms with Gasteiger partial charge in [-0.2, -0.15) is 0 Å². The number of ether oxygens (including phenoxy) is 2. The summed E-state index contributed by atoms with van der Waals surface area (Å²) in [6.07, 6.45) is 23.0. The molecular weight excluding hydrogens is 913 g/mol. The molecule has 0 saturated heterocycles. The van der Waals surface area contributed by atoms with E-state index < -0.39 is 12.1 Å². The van der Waals surface area contributed by atoms with Crippen molar-refractivity contribution >= 4 is 57.8 Å². The van der Waals surface area contributed by atoms with Gasteiger partial charge in [0.05, 0.1) is 23.9 Å². The lowest BCUT2D eigenvalue weighted by molar-refractivity contribution is -0.116. The monoisotopic (exact) mass is 991 g/mol. The molecule has 3 amide bonds. The smallest absolute Gasteiger partial charge is 0.419 e.